The molecule has 1 aliphatic heterocycles. The first-order valence-corrected chi connectivity index (χ1v) is 10.5. The predicted molar refractivity (Wildman–Crippen MR) is 118 cm³/mol. The Bertz CT molecular complexity index is 1000. The molecule has 144 valence electrons. The fourth-order valence-electron chi connectivity index (χ4n) is 3.76. The summed E-state index contributed by atoms with van der Waals surface area (Å²) >= 11 is 1.64. The van der Waals surface area contributed by atoms with E-state index >= 15 is 0 Å². The quantitative estimate of drug-likeness (QED) is 0.761. The zero-order chi connectivity index (χ0) is 19.8. The Morgan fingerprint density at radius 2 is 2.04 bits per heavy atom. The minimum Gasteiger partial charge on any atom is -0.348 e. The van der Waals surface area contributed by atoms with E-state index in [0.717, 1.165) is 51.6 Å². The Kier molecular flexibility index (Phi) is 4.94. The van der Waals surface area contributed by atoms with Crippen LogP contribution in [0.15, 0.2) is 47.7 Å². The van der Waals surface area contributed by atoms with Gasteiger partial charge >= 0.3 is 0 Å². The van der Waals surface area contributed by atoms with Crippen molar-refractivity contribution in [2.45, 2.75) is 39.5 Å². The molecule has 1 N–H and O–H groups in total. The lowest BCUT2D eigenvalue weighted by molar-refractivity contribution is 0.103. The highest BCUT2D eigenvalue weighted by Gasteiger charge is 2.19. The molecule has 4 rings (SSSR count). The van der Waals surface area contributed by atoms with Gasteiger partial charge < -0.3 is 10.2 Å². The molecule has 4 nitrogen and oxygen atoms in total. The maximum atomic E-state index is 12.9. The second-order valence-electron chi connectivity index (χ2n) is 7.47. The van der Waals surface area contributed by atoms with Gasteiger partial charge in [-0.2, -0.15) is 0 Å². The molecule has 2 aromatic rings. The van der Waals surface area contributed by atoms with Crippen LogP contribution in [0.2, 0.25) is 0 Å². The Hall–Kier alpha value is -2.66. The molecule has 2 aliphatic rings. The minimum atomic E-state index is -0.0255. The van der Waals surface area contributed by atoms with Crippen LogP contribution in [0.4, 0.5) is 5.69 Å². The first kappa shape index (κ1) is 18.7. The summed E-state index contributed by atoms with van der Waals surface area (Å²) in [5, 5.41) is 3.11. The third-order valence-corrected chi connectivity index (χ3v) is 6.76. The molecule has 1 aromatic carbocycles. The van der Waals surface area contributed by atoms with Gasteiger partial charge in [-0.05, 0) is 62.8 Å². The van der Waals surface area contributed by atoms with E-state index in [-0.39, 0.29) is 5.91 Å². The third-order valence-electron chi connectivity index (χ3n) is 5.53. The summed E-state index contributed by atoms with van der Waals surface area (Å²) in [5.41, 5.74) is 6.89. The molecule has 0 atom stereocenters. The maximum Gasteiger partial charge on any atom is 0.265 e. The van der Waals surface area contributed by atoms with Crippen molar-refractivity contribution in [3.8, 4) is 0 Å². The molecule has 0 fully saturated rings. The predicted octanol–water partition coefficient (Wildman–Crippen LogP) is 5.41. The number of rotatable bonds is 3. The van der Waals surface area contributed by atoms with Crippen molar-refractivity contribution in [1.29, 1.82) is 0 Å². The SMILES string of the molecule is C=C1C(C)=NC(c2cccc(NC(=O)c3cc4c(s3)CCCC4)c2C)=CN1C. The molecule has 0 spiro atoms. The molecule has 2 heterocycles. The van der Waals surface area contributed by atoms with E-state index in [4.69, 9.17) is 4.99 Å². The van der Waals surface area contributed by atoms with Gasteiger partial charge in [-0.1, -0.05) is 18.7 Å². The van der Waals surface area contributed by atoms with Gasteiger partial charge in [0.15, 0.2) is 0 Å². The van der Waals surface area contributed by atoms with Gasteiger partial charge in [0.1, 0.15) is 0 Å². The topological polar surface area (TPSA) is 44.7 Å². The van der Waals surface area contributed by atoms with Crippen molar-refractivity contribution >= 4 is 34.3 Å². The molecule has 1 amide bonds. The molecule has 0 unspecified atom stereocenters. The number of amides is 1. The van der Waals surface area contributed by atoms with E-state index in [9.17, 15) is 4.79 Å². The van der Waals surface area contributed by atoms with Crippen molar-refractivity contribution in [2.24, 2.45) is 4.99 Å². The highest BCUT2D eigenvalue weighted by atomic mass is 32.1. The van der Waals surface area contributed by atoms with Crippen LogP contribution in [0, 0.1) is 6.92 Å². The zero-order valence-corrected chi connectivity index (χ0v) is 17.4. The number of nitrogens with one attached hydrogen (secondary N) is 1. The first-order chi connectivity index (χ1) is 13.4. The Morgan fingerprint density at radius 1 is 1.25 bits per heavy atom. The molecule has 1 aromatic heterocycles. The van der Waals surface area contributed by atoms with Gasteiger partial charge in [-0.3, -0.25) is 4.79 Å². The van der Waals surface area contributed by atoms with E-state index in [0.29, 0.717) is 0 Å². The van der Waals surface area contributed by atoms with E-state index < -0.39 is 0 Å². The fraction of sp³-hybridized carbons (Fsp3) is 0.304. The Labute approximate surface area is 170 Å². The number of aliphatic imine (C=N–C) groups is 1. The largest absolute Gasteiger partial charge is 0.348 e. The summed E-state index contributed by atoms with van der Waals surface area (Å²) in [6, 6.07) is 8.03. The molecule has 1 aliphatic carbocycles. The van der Waals surface area contributed by atoms with Crippen LogP contribution in [0.1, 0.15) is 51.0 Å². The zero-order valence-electron chi connectivity index (χ0n) is 16.6. The summed E-state index contributed by atoms with van der Waals surface area (Å²) in [6.45, 7) is 8.03. The van der Waals surface area contributed by atoms with Crippen molar-refractivity contribution in [3.63, 3.8) is 0 Å². The first-order valence-electron chi connectivity index (χ1n) is 9.66. The molecular formula is C23H25N3OS. The van der Waals surface area contributed by atoms with Crippen molar-refractivity contribution in [2.75, 3.05) is 12.4 Å². The maximum absolute atomic E-state index is 12.9. The van der Waals surface area contributed by atoms with Gasteiger partial charge in [0.2, 0.25) is 0 Å². The van der Waals surface area contributed by atoms with Crippen LogP contribution in [0.5, 0.6) is 0 Å². The van der Waals surface area contributed by atoms with Crippen molar-refractivity contribution < 1.29 is 4.79 Å². The number of aryl methyl sites for hydroxylation is 2. The molecule has 28 heavy (non-hydrogen) atoms. The van der Waals surface area contributed by atoms with Crippen LogP contribution in [0.3, 0.4) is 0 Å². The number of carbonyl (C=O) groups excluding carboxylic acids is 1. The smallest absolute Gasteiger partial charge is 0.265 e. The molecule has 0 bridgehead atoms. The van der Waals surface area contributed by atoms with Gasteiger partial charge in [0.25, 0.3) is 5.91 Å². The molecule has 0 saturated carbocycles. The Balaban J connectivity index is 1.61. The monoisotopic (exact) mass is 391 g/mol. The average Bonchev–Trinajstić information content (AvgIpc) is 3.12. The number of nitrogens with zero attached hydrogens (tertiary/aromatic N) is 2. The highest BCUT2D eigenvalue weighted by molar-refractivity contribution is 7.14. The number of allylic oxidation sites excluding steroid dienone is 1. The van der Waals surface area contributed by atoms with Gasteiger partial charge in [-0.25, -0.2) is 4.99 Å². The highest BCUT2D eigenvalue weighted by Crippen LogP contribution is 2.32. The lowest BCUT2D eigenvalue weighted by Gasteiger charge is -2.24. The van der Waals surface area contributed by atoms with Crippen LogP contribution in [-0.4, -0.2) is 23.6 Å². The summed E-state index contributed by atoms with van der Waals surface area (Å²) in [4.78, 5) is 21.7. The normalized spacial score (nSPS) is 16.4. The third kappa shape index (κ3) is 3.42. The molecule has 0 saturated heterocycles. The number of fused-ring (bicyclic) bond motifs is 1. The van der Waals surface area contributed by atoms with E-state index in [1.807, 2.05) is 50.2 Å². The van der Waals surface area contributed by atoms with E-state index in [1.54, 1.807) is 11.3 Å². The fourth-order valence-corrected chi connectivity index (χ4v) is 4.90. The van der Waals surface area contributed by atoms with Gasteiger partial charge in [0, 0.05) is 29.4 Å². The summed E-state index contributed by atoms with van der Waals surface area (Å²) in [7, 11) is 1.97. The number of carbonyl (C=O) groups is 1. The number of hydrogen-bond acceptors (Lipinski definition) is 4. The van der Waals surface area contributed by atoms with Crippen LogP contribution >= 0.6 is 11.3 Å². The Morgan fingerprint density at radius 3 is 2.79 bits per heavy atom. The van der Waals surface area contributed by atoms with Crippen molar-refractivity contribution in [1.82, 2.24) is 4.90 Å². The van der Waals surface area contributed by atoms with Crippen LogP contribution < -0.4 is 5.32 Å². The number of thiophene rings is 1. The van der Waals surface area contributed by atoms with E-state index in [2.05, 4.69) is 18.0 Å². The lowest BCUT2D eigenvalue weighted by Crippen LogP contribution is -2.20. The van der Waals surface area contributed by atoms with Crippen molar-refractivity contribution in [3.05, 3.63) is 69.2 Å². The number of benzene rings is 1. The molecular weight excluding hydrogens is 366 g/mol. The average molecular weight is 392 g/mol. The molecule has 5 heteroatoms. The lowest BCUT2D eigenvalue weighted by atomic mass is 9.99. The number of anilines is 1. The second-order valence-corrected chi connectivity index (χ2v) is 8.60. The second kappa shape index (κ2) is 7.40. The van der Waals surface area contributed by atoms with Crippen LogP contribution in [-0.2, 0) is 12.8 Å². The number of hydrogen-bond donors (Lipinski definition) is 1. The van der Waals surface area contributed by atoms with E-state index in [1.165, 1.54) is 23.3 Å². The standard InChI is InChI=1S/C23H25N3OS/c1-14-18(20-13-26(4)16(3)15(2)24-20)9-7-10-19(14)25-23(27)22-12-17-8-5-6-11-21(17)28-22/h7,9-10,12-13H,3,5-6,8,11H2,1-2,4H3,(H,25,27). The summed E-state index contributed by atoms with van der Waals surface area (Å²) < 4.78 is 0. The van der Waals surface area contributed by atoms with Gasteiger partial charge in [0.05, 0.1) is 22.0 Å². The van der Waals surface area contributed by atoms with Crippen LogP contribution in [0.25, 0.3) is 5.70 Å². The summed E-state index contributed by atoms with van der Waals surface area (Å²) in [5.74, 6) is -0.0255. The molecule has 0 radical (unpaired) electrons. The summed E-state index contributed by atoms with van der Waals surface area (Å²) in [6.07, 6.45) is 6.63. The van der Waals surface area contributed by atoms with Gasteiger partial charge in [-0.15, -0.1) is 11.3 Å². The minimum absolute atomic E-state index is 0.0255.